The van der Waals surface area contributed by atoms with E-state index < -0.39 is 0 Å². The van der Waals surface area contributed by atoms with Crippen LogP contribution in [0.4, 0.5) is 5.69 Å². The summed E-state index contributed by atoms with van der Waals surface area (Å²) < 4.78 is 5.86. The molecule has 0 spiro atoms. The summed E-state index contributed by atoms with van der Waals surface area (Å²) in [6, 6.07) is 9.85. The van der Waals surface area contributed by atoms with Crippen LogP contribution >= 0.6 is 0 Å². The molecule has 1 aliphatic rings. The van der Waals surface area contributed by atoms with Gasteiger partial charge in [-0.3, -0.25) is 10.2 Å². The Morgan fingerprint density at radius 1 is 1.25 bits per heavy atom. The molecule has 0 bridgehead atoms. The van der Waals surface area contributed by atoms with Crippen LogP contribution < -0.4 is 10.7 Å². The highest BCUT2D eigenvalue weighted by Crippen LogP contribution is 2.30. The van der Waals surface area contributed by atoms with Gasteiger partial charge in [-0.25, -0.2) is 0 Å². The summed E-state index contributed by atoms with van der Waals surface area (Å²) in [6.45, 7) is 4.62. The zero-order valence-corrected chi connectivity index (χ0v) is 14.2. The number of carbonyl (C=O) groups is 1. The van der Waals surface area contributed by atoms with Crippen molar-refractivity contribution in [2.24, 2.45) is 5.10 Å². The quantitative estimate of drug-likeness (QED) is 0.820. The average Bonchev–Trinajstić information content (AvgIpc) is 2.96. The summed E-state index contributed by atoms with van der Waals surface area (Å²) in [7, 11) is 0. The maximum absolute atomic E-state index is 12.3. The summed E-state index contributed by atoms with van der Waals surface area (Å²) in [5, 5.41) is 7.45. The number of aryl methyl sites for hydroxylation is 1. The highest BCUT2D eigenvalue weighted by Gasteiger charge is 2.27. The van der Waals surface area contributed by atoms with Crippen molar-refractivity contribution in [3.05, 3.63) is 53.0 Å². The number of fused-ring (bicyclic) bond motifs is 1. The molecule has 3 rings (SSSR count). The Bertz CT molecular complexity index is 747. The topological polar surface area (TPSA) is 66.6 Å². The molecule has 1 aromatic carbocycles. The normalized spacial score (nSPS) is 15.2. The van der Waals surface area contributed by atoms with Gasteiger partial charge in [-0.2, -0.15) is 5.10 Å². The molecule has 0 aliphatic heterocycles. The van der Waals surface area contributed by atoms with Crippen LogP contribution in [0.1, 0.15) is 53.6 Å². The predicted octanol–water partition coefficient (Wildman–Crippen LogP) is 3.88. The highest BCUT2D eigenvalue weighted by molar-refractivity contribution is 6.06. The monoisotopic (exact) mass is 325 g/mol. The minimum Gasteiger partial charge on any atom is -0.455 e. The molecule has 1 heterocycles. The molecular formula is C19H23N3O2. The third kappa shape index (κ3) is 3.35. The van der Waals surface area contributed by atoms with Crippen LogP contribution in [-0.4, -0.2) is 18.2 Å². The van der Waals surface area contributed by atoms with Gasteiger partial charge >= 0.3 is 0 Å². The van der Waals surface area contributed by atoms with Crippen LogP contribution in [0.15, 0.2) is 39.9 Å². The molecule has 5 nitrogen and oxygen atoms in total. The van der Waals surface area contributed by atoms with Gasteiger partial charge in [0.15, 0.2) is 5.76 Å². The first-order valence-corrected chi connectivity index (χ1v) is 8.49. The first-order valence-electron chi connectivity index (χ1n) is 8.49. The van der Waals surface area contributed by atoms with Crippen molar-refractivity contribution < 1.29 is 9.21 Å². The van der Waals surface area contributed by atoms with E-state index in [0.29, 0.717) is 12.3 Å². The first-order chi connectivity index (χ1) is 11.7. The Hall–Kier alpha value is -2.56. The van der Waals surface area contributed by atoms with Crippen LogP contribution in [0.25, 0.3) is 0 Å². The Kier molecular flexibility index (Phi) is 4.99. The lowest BCUT2D eigenvalue weighted by molar-refractivity contribution is 0.0923. The summed E-state index contributed by atoms with van der Waals surface area (Å²) >= 11 is 0. The van der Waals surface area contributed by atoms with E-state index in [4.69, 9.17) is 4.42 Å². The van der Waals surface area contributed by atoms with E-state index in [1.807, 2.05) is 44.2 Å². The van der Waals surface area contributed by atoms with E-state index in [2.05, 4.69) is 15.8 Å². The first kappa shape index (κ1) is 16.3. The molecular weight excluding hydrogens is 302 g/mol. The number of hydrogen-bond acceptors (Lipinski definition) is 4. The van der Waals surface area contributed by atoms with Gasteiger partial charge in [0.05, 0.1) is 11.4 Å². The average molecular weight is 325 g/mol. The number of nitrogens with one attached hydrogen (secondary N) is 2. The van der Waals surface area contributed by atoms with Crippen molar-refractivity contribution in [2.75, 3.05) is 12.0 Å². The van der Waals surface area contributed by atoms with Gasteiger partial charge < -0.3 is 9.73 Å². The second-order valence-electron chi connectivity index (χ2n) is 6.00. The highest BCUT2D eigenvalue weighted by atomic mass is 16.4. The Morgan fingerprint density at radius 2 is 2.04 bits per heavy atom. The van der Waals surface area contributed by atoms with E-state index in [9.17, 15) is 4.79 Å². The zero-order valence-electron chi connectivity index (χ0n) is 14.2. The maximum atomic E-state index is 12.3. The smallest absolute Gasteiger partial charge is 0.287 e. The maximum Gasteiger partial charge on any atom is 0.287 e. The minimum absolute atomic E-state index is 0.140. The van der Waals surface area contributed by atoms with Crippen molar-refractivity contribution in [1.82, 2.24) is 5.32 Å². The number of carbonyl (C=O) groups excluding carboxylic acids is 1. The summed E-state index contributed by atoms with van der Waals surface area (Å²) in [6.07, 6.45) is 3.61. The third-order valence-corrected chi connectivity index (χ3v) is 4.16. The van der Waals surface area contributed by atoms with Crippen LogP contribution in [0.2, 0.25) is 0 Å². The molecule has 0 saturated carbocycles. The number of hydrazone groups is 1. The third-order valence-electron chi connectivity index (χ3n) is 4.16. The molecule has 2 aromatic rings. The standard InChI is InChI=1S/C19H23N3O2/c1-3-12-20-19(23)18-13(2)17-15(10-7-11-16(17)24-18)22-21-14-8-5-4-6-9-14/h4-6,8-9,21H,3,7,10-12H2,1-2H3,(H,20,23)/b22-15+. The number of nitrogens with zero attached hydrogens (tertiary/aromatic N) is 1. The lowest BCUT2D eigenvalue weighted by Gasteiger charge is -2.13. The van der Waals surface area contributed by atoms with Crippen LogP contribution in [0.5, 0.6) is 0 Å². The number of furan rings is 1. The van der Waals surface area contributed by atoms with Crippen LogP contribution in [0.3, 0.4) is 0 Å². The molecule has 2 N–H and O–H groups in total. The predicted molar refractivity (Wildman–Crippen MR) is 95.6 cm³/mol. The molecule has 24 heavy (non-hydrogen) atoms. The fourth-order valence-electron chi connectivity index (χ4n) is 2.96. The number of anilines is 1. The van der Waals surface area contributed by atoms with Crippen molar-refractivity contribution in [1.29, 1.82) is 0 Å². The van der Waals surface area contributed by atoms with Gasteiger partial charge in [0.25, 0.3) is 5.91 Å². The molecule has 1 aliphatic carbocycles. The Morgan fingerprint density at radius 3 is 2.79 bits per heavy atom. The number of rotatable bonds is 5. The van der Waals surface area contributed by atoms with Crippen molar-refractivity contribution in [2.45, 2.75) is 39.5 Å². The van der Waals surface area contributed by atoms with Gasteiger partial charge in [0.2, 0.25) is 0 Å². The molecule has 0 fully saturated rings. The lowest BCUT2D eigenvalue weighted by atomic mass is 9.93. The van der Waals surface area contributed by atoms with Crippen LogP contribution in [0, 0.1) is 6.92 Å². The van der Waals surface area contributed by atoms with Crippen molar-refractivity contribution >= 4 is 17.3 Å². The molecule has 0 saturated heterocycles. The van der Waals surface area contributed by atoms with Crippen LogP contribution in [-0.2, 0) is 6.42 Å². The van der Waals surface area contributed by atoms with E-state index in [0.717, 1.165) is 54.0 Å². The fourth-order valence-corrected chi connectivity index (χ4v) is 2.96. The molecule has 0 atom stereocenters. The summed E-state index contributed by atoms with van der Waals surface area (Å²) in [5.74, 6) is 1.15. The number of benzene rings is 1. The largest absolute Gasteiger partial charge is 0.455 e. The van der Waals surface area contributed by atoms with Gasteiger partial charge in [-0.05, 0) is 38.3 Å². The zero-order chi connectivity index (χ0) is 16.9. The number of para-hydroxylation sites is 1. The van der Waals surface area contributed by atoms with E-state index in [1.54, 1.807) is 0 Å². The van der Waals surface area contributed by atoms with E-state index in [-0.39, 0.29) is 5.91 Å². The summed E-state index contributed by atoms with van der Waals surface area (Å²) in [4.78, 5) is 12.3. The molecule has 0 unspecified atom stereocenters. The fraction of sp³-hybridized carbons (Fsp3) is 0.368. The number of hydrogen-bond donors (Lipinski definition) is 2. The minimum atomic E-state index is -0.140. The molecule has 5 heteroatoms. The van der Waals surface area contributed by atoms with Crippen molar-refractivity contribution in [3.63, 3.8) is 0 Å². The molecule has 126 valence electrons. The Balaban J connectivity index is 1.87. The van der Waals surface area contributed by atoms with Gasteiger partial charge in [0.1, 0.15) is 5.76 Å². The van der Waals surface area contributed by atoms with E-state index >= 15 is 0 Å². The molecule has 0 radical (unpaired) electrons. The second-order valence-corrected chi connectivity index (χ2v) is 6.00. The lowest BCUT2D eigenvalue weighted by Crippen LogP contribution is -2.24. The van der Waals surface area contributed by atoms with E-state index in [1.165, 1.54) is 0 Å². The van der Waals surface area contributed by atoms with Gasteiger partial charge in [0, 0.05) is 24.1 Å². The van der Waals surface area contributed by atoms with Gasteiger partial charge in [-0.1, -0.05) is 25.1 Å². The second kappa shape index (κ2) is 7.34. The van der Waals surface area contributed by atoms with Crippen molar-refractivity contribution in [3.8, 4) is 0 Å². The molecule has 1 amide bonds. The Labute approximate surface area is 142 Å². The number of amides is 1. The summed E-state index contributed by atoms with van der Waals surface area (Å²) in [5.41, 5.74) is 6.87. The molecule has 1 aromatic heterocycles. The van der Waals surface area contributed by atoms with Gasteiger partial charge in [-0.15, -0.1) is 0 Å². The SMILES string of the molecule is CCCNC(=O)c1oc2c(c1C)/C(=N/Nc1ccccc1)CCC2.